The molecule has 0 aliphatic heterocycles. The average Bonchev–Trinajstić information content (AvgIpc) is 2.69. The molecule has 0 aliphatic carbocycles. The molecule has 4 heteroatoms. The lowest BCUT2D eigenvalue weighted by atomic mass is 10.1. The largest absolute Gasteiger partial charge is 0.393 e. The molecule has 2 heterocycles. The van der Waals surface area contributed by atoms with Gasteiger partial charge >= 0.3 is 0 Å². The molecule has 2 N–H and O–H groups in total. The zero-order chi connectivity index (χ0) is 11.4. The van der Waals surface area contributed by atoms with Crippen LogP contribution in [0.5, 0.6) is 0 Å². The average molecular weight is 219 g/mol. The van der Waals surface area contributed by atoms with Crippen molar-refractivity contribution >= 4 is 11.0 Å². The second-order valence-corrected chi connectivity index (χ2v) is 4.11. The molecule has 16 heavy (non-hydrogen) atoms. The van der Waals surface area contributed by atoms with Crippen LogP contribution < -0.4 is 0 Å². The number of aliphatic hydroxyl groups excluding tert-OH is 1. The first kappa shape index (κ1) is 11.1. The Balaban J connectivity index is 1.99. The number of aromatic nitrogens is 3. The van der Waals surface area contributed by atoms with Crippen LogP contribution in [0.4, 0.5) is 0 Å². The van der Waals surface area contributed by atoms with E-state index in [0.717, 1.165) is 42.4 Å². The van der Waals surface area contributed by atoms with Crippen molar-refractivity contribution < 1.29 is 5.11 Å². The van der Waals surface area contributed by atoms with Gasteiger partial charge in [-0.3, -0.25) is 0 Å². The number of rotatable bonds is 5. The number of aliphatic hydroxyl groups is 1. The normalized spacial score (nSPS) is 13.1. The summed E-state index contributed by atoms with van der Waals surface area (Å²) < 4.78 is 0. The number of hydrogen-bond acceptors (Lipinski definition) is 3. The maximum Gasteiger partial charge on any atom is 0.111 e. The first-order valence-corrected chi connectivity index (χ1v) is 5.77. The van der Waals surface area contributed by atoms with Crippen LogP contribution in [0.15, 0.2) is 18.3 Å². The highest BCUT2D eigenvalue weighted by atomic mass is 16.3. The Labute approximate surface area is 94.7 Å². The van der Waals surface area contributed by atoms with Crippen molar-refractivity contribution in [2.75, 3.05) is 0 Å². The Morgan fingerprint density at radius 1 is 1.44 bits per heavy atom. The molecule has 2 aromatic rings. The Morgan fingerprint density at radius 2 is 2.31 bits per heavy atom. The van der Waals surface area contributed by atoms with Gasteiger partial charge < -0.3 is 10.1 Å². The topological polar surface area (TPSA) is 61.8 Å². The third kappa shape index (κ3) is 2.58. The molecular formula is C12H17N3O. The number of hydrogen-bond donors (Lipinski definition) is 2. The quantitative estimate of drug-likeness (QED) is 0.809. The Bertz CT molecular complexity index is 419. The van der Waals surface area contributed by atoms with E-state index in [-0.39, 0.29) is 6.10 Å². The fourth-order valence-corrected chi connectivity index (χ4v) is 1.86. The second kappa shape index (κ2) is 5.07. The predicted molar refractivity (Wildman–Crippen MR) is 63.1 cm³/mol. The molecule has 4 nitrogen and oxygen atoms in total. The van der Waals surface area contributed by atoms with Gasteiger partial charge in [0.1, 0.15) is 5.52 Å². The molecule has 1 atom stereocenters. The molecule has 0 radical (unpaired) electrons. The minimum absolute atomic E-state index is 0.192. The van der Waals surface area contributed by atoms with E-state index in [0.29, 0.717) is 0 Å². The van der Waals surface area contributed by atoms with E-state index in [9.17, 15) is 5.11 Å². The highest BCUT2D eigenvalue weighted by Gasteiger charge is 2.06. The molecule has 0 aromatic carbocycles. The van der Waals surface area contributed by atoms with Gasteiger partial charge in [-0.25, -0.2) is 0 Å². The van der Waals surface area contributed by atoms with Crippen LogP contribution in [-0.4, -0.2) is 26.4 Å². The van der Waals surface area contributed by atoms with Gasteiger partial charge in [-0.2, -0.15) is 5.10 Å². The molecule has 0 fully saturated rings. The van der Waals surface area contributed by atoms with E-state index in [2.05, 4.69) is 22.1 Å². The van der Waals surface area contributed by atoms with Crippen LogP contribution in [-0.2, 0) is 6.42 Å². The molecule has 2 rings (SSSR count). The van der Waals surface area contributed by atoms with E-state index < -0.39 is 0 Å². The molecular weight excluding hydrogens is 202 g/mol. The monoisotopic (exact) mass is 219 g/mol. The van der Waals surface area contributed by atoms with Crippen LogP contribution >= 0.6 is 0 Å². The van der Waals surface area contributed by atoms with Gasteiger partial charge in [0, 0.05) is 5.69 Å². The number of H-pyrrole nitrogens is 1. The lowest BCUT2D eigenvalue weighted by Gasteiger charge is -2.07. The van der Waals surface area contributed by atoms with E-state index in [4.69, 9.17) is 0 Å². The number of nitrogens with zero attached hydrogens (tertiary/aromatic N) is 2. The van der Waals surface area contributed by atoms with Gasteiger partial charge in [0.05, 0.1) is 17.8 Å². The predicted octanol–water partition coefficient (Wildman–Crippen LogP) is 2.05. The third-order valence-electron chi connectivity index (χ3n) is 2.72. The van der Waals surface area contributed by atoms with Crippen molar-refractivity contribution in [3.8, 4) is 0 Å². The summed E-state index contributed by atoms with van der Waals surface area (Å²) in [6, 6.07) is 3.91. The first-order chi connectivity index (χ1) is 7.79. The summed E-state index contributed by atoms with van der Waals surface area (Å²) in [5.74, 6) is 0. The van der Waals surface area contributed by atoms with Crippen molar-refractivity contribution in [3.63, 3.8) is 0 Å². The highest BCUT2D eigenvalue weighted by Crippen LogP contribution is 2.14. The summed E-state index contributed by atoms with van der Waals surface area (Å²) in [6.07, 6.45) is 5.04. The van der Waals surface area contributed by atoms with Crippen molar-refractivity contribution in [2.24, 2.45) is 0 Å². The number of aromatic amines is 1. The van der Waals surface area contributed by atoms with Gasteiger partial charge in [0.15, 0.2) is 0 Å². The lowest BCUT2D eigenvalue weighted by Crippen LogP contribution is -2.07. The SMILES string of the molecule is CCCC(O)CCc1cc2nnccc2[nH]1. The van der Waals surface area contributed by atoms with E-state index in [1.54, 1.807) is 6.20 Å². The van der Waals surface area contributed by atoms with Crippen LogP contribution in [0.2, 0.25) is 0 Å². The van der Waals surface area contributed by atoms with Gasteiger partial charge in [0.25, 0.3) is 0 Å². The number of nitrogens with one attached hydrogen (secondary N) is 1. The third-order valence-corrected chi connectivity index (χ3v) is 2.72. The molecule has 0 saturated heterocycles. The Morgan fingerprint density at radius 3 is 3.06 bits per heavy atom. The van der Waals surface area contributed by atoms with Gasteiger partial charge in [-0.15, -0.1) is 5.10 Å². The number of aryl methyl sites for hydroxylation is 1. The maximum absolute atomic E-state index is 9.64. The zero-order valence-electron chi connectivity index (χ0n) is 9.48. The summed E-state index contributed by atoms with van der Waals surface area (Å²) in [6.45, 7) is 2.09. The fraction of sp³-hybridized carbons (Fsp3) is 0.500. The summed E-state index contributed by atoms with van der Waals surface area (Å²) in [5.41, 5.74) is 3.02. The molecule has 0 saturated carbocycles. The molecule has 0 bridgehead atoms. The van der Waals surface area contributed by atoms with Gasteiger partial charge in [-0.05, 0) is 31.4 Å². The van der Waals surface area contributed by atoms with Crippen molar-refractivity contribution in [1.29, 1.82) is 0 Å². The second-order valence-electron chi connectivity index (χ2n) is 4.11. The van der Waals surface area contributed by atoms with Crippen molar-refractivity contribution in [2.45, 2.75) is 38.7 Å². The highest BCUT2D eigenvalue weighted by molar-refractivity contribution is 5.74. The van der Waals surface area contributed by atoms with Crippen molar-refractivity contribution in [1.82, 2.24) is 15.2 Å². The minimum atomic E-state index is -0.192. The van der Waals surface area contributed by atoms with E-state index >= 15 is 0 Å². The van der Waals surface area contributed by atoms with E-state index in [1.165, 1.54) is 0 Å². The van der Waals surface area contributed by atoms with Gasteiger partial charge in [0.2, 0.25) is 0 Å². The Hall–Kier alpha value is -1.42. The van der Waals surface area contributed by atoms with Crippen LogP contribution in [0.25, 0.3) is 11.0 Å². The Kier molecular flexibility index (Phi) is 3.51. The molecule has 0 aliphatic rings. The van der Waals surface area contributed by atoms with E-state index in [1.807, 2.05) is 12.1 Å². The van der Waals surface area contributed by atoms with Crippen LogP contribution in [0, 0.1) is 0 Å². The number of fused-ring (bicyclic) bond motifs is 1. The smallest absolute Gasteiger partial charge is 0.111 e. The first-order valence-electron chi connectivity index (χ1n) is 5.77. The molecule has 2 aromatic heterocycles. The minimum Gasteiger partial charge on any atom is -0.393 e. The summed E-state index contributed by atoms with van der Waals surface area (Å²) in [4.78, 5) is 3.28. The zero-order valence-corrected chi connectivity index (χ0v) is 9.48. The summed E-state index contributed by atoms with van der Waals surface area (Å²) in [7, 11) is 0. The lowest BCUT2D eigenvalue weighted by molar-refractivity contribution is 0.153. The van der Waals surface area contributed by atoms with Crippen LogP contribution in [0.3, 0.4) is 0 Å². The van der Waals surface area contributed by atoms with Crippen molar-refractivity contribution in [3.05, 3.63) is 24.0 Å². The summed E-state index contributed by atoms with van der Waals surface area (Å²) in [5, 5.41) is 17.5. The fourth-order valence-electron chi connectivity index (χ4n) is 1.86. The standard InChI is InChI=1S/C12H17N3O/c1-2-3-10(16)5-4-9-8-12-11(14-9)6-7-13-15-12/h6-8,10,14,16H,2-5H2,1H3. The molecule has 86 valence electrons. The summed E-state index contributed by atoms with van der Waals surface area (Å²) >= 11 is 0. The molecule has 1 unspecified atom stereocenters. The molecule has 0 spiro atoms. The van der Waals surface area contributed by atoms with Gasteiger partial charge in [-0.1, -0.05) is 13.3 Å². The van der Waals surface area contributed by atoms with Crippen LogP contribution in [0.1, 0.15) is 31.9 Å². The maximum atomic E-state index is 9.64. The molecule has 0 amide bonds.